The van der Waals surface area contributed by atoms with Gasteiger partial charge in [0, 0.05) is 19.3 Å². The first-order valence-electron chi connectivity index (χ1n) is 9.05. The smallest absolute Gasteiger partial charge is 0.240 e. The minimum Gasteiger partial charge on any atom is -0.493 e. The third kappa shape index (κ3) is 6.95. The molecule has 0 spiro atoms. The van der Waals surface area contributed by atoms with Crippen molar-refractivity contribution in [1.29, 1.82) is 0 Å². The molecule has 0 aliphatic carbocycles. The number of rotatable bonds is 11. The van der Waals surface area contributed by atoms with Crippen molar-refractivity contribution in [3.63, 3.8) is 0 Å². The summed E-state index contributed by atoms with van der Waals surface area (Å²) in [6.07, 6.45) is 1.15. The average Bonchev–Trinajstić information content (AvgIpc) is 2.69. The van der Waals surface area contributed by atoms with Crippen LogP contribution in [0, 0.1) is 0 Å². The second kappa shape index (κ2) is 10.8. The zero-order chi connectivity index (χ0) is 20.4. The first-order chi connectivity index (χ1) is 13.4. The third-order valence-electron chi connectivity index (χ3n) is 3.98. The Morgan fingerprint density at radius 3 is 2.29 bits per heavy atom. The molecule has 2 N–H and O–H groups in total. The van der Waals surface area contributed by atoms with Gasteiger partial charge in [-0.05, 0) is 48.4 Å². The van der Waals surface area contributed by atoms with Crippen LogP contribution in [0.2, 0.25) is 0 Å². The molecule has 2 aromatic carbocycles. The highest BCUT2D eigenvalue weighted by molar-refractivity contribution is 7.89. The lowest BCUT2D eigenvalue weighted by molar-refractivity contribution is -0.116. The van der Waals surface area contributed by atoms with E-state index in [1.807, 2.05) is 24.3 Å². The van der Waals surface area contributed by atoms with Crippen LogP contribution in [-0.4, -0.2) is 41.2 Å². The van der Waals surface area contributed by atoms with Gasteiger partial charge in [0.05, 0.1) is 24.5 Å². The molecule has 0 aliphatic heterocycles. The molecule has 0 heterocycles. The van der Waals surface area contributed by atoms with Gasteiger partial charge in [0.25, 0.3) is 0 Å². The molecule has 2 rings (SSSR count). The molecular weight excluding hydrogens is 380 g/mol. The molecule has 28 heavy (non-hydrogen) atoms. The van der Waals surface area contributed by atoms with Crippen molar-refractivity contribution in [2.24, 2.45) is 0 Å². The summed E-state index contributed by atoms with van der Waals surface area (Å²) >= 11 is 0. The number of nitrogens with one attached hydrogen (secondary N) is 2. The number of sulfonamides is 1. The summed E-state index contributed by atoms with van der Waals surface area (Å²) < 4.78 is 37.0. The fourth-order valence-electron chi connectivity index (χ4n) is 2.39. The molecule has 0 saturated carbocycles. The second-order valence-electron chi connectivity index (χ2n) is 6.06. The lowest BCUT2D eigenvalue weighted by Crippen LogP contribution is -2.27. The average molecular weight is 407 g/mol. The SMILES string of the molecule is CCc1ccc(OCCC(=O)Nc2ccc(S(=O)(=O)NCCOC)cc2)cc1. The maximum Gasteiger partial charge on any atom is 0.240 e. The Morgan fingerprint density at radius 1 is 1.00 bits per heavy atom. The van der Waals surface area contributed by atoms with E-state index in [1.165, 1.54) is 24.8 Å². The number of carbonyl (C=O) groups is 1. The molecule has 1 amide bonds. The summed E-state index contributed by atoms with van der Waals surface area (Å²) in [7, 11) is -2.09. The standard InChI is InChI=1S/C20H26N2O5S/c1-3-16-4-8-18(9-5-16)27-14-12-20(23)22-17-6-10-19(11-7-17)28(24,25)21-13-15-26-2/h4-11,21H,3,12-15H2,1-2H3,(H,22,23). The Labute approximate surface area is 166 Å². The molecule has 2 aromatic rings. The summed E-state index contributed by atoms with van der Waals surface area (Å²) in [6, 6.07) is 13.7. The van der Waals surface area contributed by atoms with Gasteiger partial charge < -0.3 is 14.8 Å². The molecule has 0 fully saturated rings. The molecule has 8 heteroatoms. The normalized spacial score (nSPS) is 11.2. The van der Waals surface area contributed by atoms with Crippen LogP contribution in [0.4, 0.5) is 5.69 Å². The molecule has 0 unspecified atom stereocenters. The minimum atomic E-state index is -3.59. The molecule has 0 atom stereocenters. The number of amides is 1. The number of anilines is 1. The Morgan fingerprint density at radius 2 is 1.68 bits per heavy atom. The topological polar surface area (TPSA) is 93.7 Å². The van der Waals surface area contributed by atoms with Crippen molar-refractivity contribution in [2.45, 2.75) is 24.7 Å². The number of hydrogen-bond donors (Lipinski definition) is 2. The molecule has 0 aromatic heterocycles. The number of carbonyl (C=O) groups excluding carboxylic acids is 1. The highest BCUT2D eigenvalue weighted by Crippen LogP contribution is 2.15. The molecule has 0 saturated heterocycles. The van der Waals surface area contributed by atoms with Crippen LogP contribution in [-0.2, 0) is 26.0 Å². The Bertz CT molecular complexity index is 849. The highest BCUT2D eigenvalue weighted by Gasteiger charge is 2.13. The van der Waals surface area contributed by atoms with Gasteiger partial charge in [0.1, 0.15) is 5.75 Å². The zero-order valence-corrected chi connectivity index (χ0v) is 16.9. The summed E-state index contributed by atoms with van der Waals surface area (Å²) in [5, 5.41) is 2.72. The van der Waals surface area contributed by atoms with Crippen LogP contribution in [0.3, 0.4) is 0 Å². The van der Waals surface area contributed by atoms with E-state index in [0.29, 0.717) is 5.69 Å². The first kappa shape index (κ1) is 21.9. The van der Waals surface area contributed by atoms with Crippen LogP contribution in [0.5, 0.6) is 5.75 Å². The summed E-state index contributed by atoms with van der Waals surface area (Å²) in [6.45, 7) is 2.82. The molecule has 7 nitrogen and oxygen atoms in total. The van der Waals surface area contributed by atoms with Crippen molar-refractivity contribution in [3.8, 4) is 5.75 Å². The molecule has 152 valence electrons. The van der Waals surface area contributed by atoms with Gasteiger partial charge in [-0.15, -0.1) is 0 Å². The van der Waals surface area contributed by atoms with Gasteiger partial charge in [-0.3, -0.25) is 4.79 Å². The minimum absolute atomic E-state index is 0.125. The van der Waals surface area contributed by atoms with E-state index < -0.39 is 10.0 Å². The fraction of sp³-hybridized carbons (Fsp3) is 0.350. The molecule has 0 radical (unpaired) electrons. The van der Waals surface area contributed by atoms with Gasteiger partial charge in [-0.2, -0.15) is 0 Å². The van der Waals surface area contributed by atoms with Gasteiger partial charge in [-0.1, -0.05) is 19.1 Å². The Kier molecular flexibility index (Phi) is 8.43. The zero-order valence-electron chi connectivity index (χ0n) is 16.1. The van der Waals surface area contributed by atoms with Gasteiger partial charge in [-0.25, -0.2) is 13.1 Å². The largest absolute Gasteiger partial charge is 0.493 e. The number of methoxy groups -OCH3 is 1. The quantitative estimate of drug-likeness (QED) is 0.560. The van der Waals surface area contributed by atoms with Gasteiger partial charge in [0.15, 0.2) is 0 Å². The van der Waals surface area contributed by atoms with Crippen LogP contribution in [0.25, 0.3) is 0 Å². The maximum atomic E-state index is 12.1. The van der Waals surface area contributed by atoms with Crippen molar-refractivity contribution in [2.75, 3.05) is 32.2 Å². The van der Waals surface area contributed by atoms with Crippen molar-refractivity contribution >= 4 is 21.6 Å². The molecule has 0 aliphatic rings. The van der Waals surface area contributed by atoms with Crippen molar-refractivity contribution < 1.29 is 22.7 Å². The fourth-order valence-corrected chi connectivity index (χ4v) is 3.40. The van der Waals surface area contributed by atoms with E-state index in [9.17, 15) is 13.2 Å². The number of ether oxygens (including phenoxy) is 2. The lowest BCUT2D eigenvalue weighted by atomic mass is 10.2. The van der Waals surface area contributed by atoms with Gasteiger partial charge >= 0.3 is 0 Å². The van der Waals surface area contributed by atoms with E-state index in [2.05, 4.69) is 17.0 Å². The van der Waals surface area contributed by atoms with Gasteiger partial charge in [0.2, 0.25) is 15.9 Å². The van der Waals surface area contributed by atoms with Crippen LogP contribution in [0.1, 0.15) is 18.9 Å². The second-order valence-corrected chi connectivity index (χ2v) is 7.83. The highest BCUT2D eigenvalue weighted by atomic mass is 32.2. The summed E-state index contributed by atoms with van der Waals surface area (Å²) in [5.41, 5.74) is 1.75. The predicted octanol–water partition coefficient (Wildman–Crippen LogP) is 2.58. The van der Waals surface area contributed by atoms with E-state index in [-0.39, 0.29) is 37.0 Å². The van der Waals surface area contributed by atoms with E-state index in [0.717, 1.165) is 12.2 Å². The van der Waals surface area contributed by atoms with Crippen molar-refractivity contribution in [3.05, 3.63) is 54.1 Å². The van der Waals surface area contributed by atoms with E-state index in [1.54, 1.807) is 12.1 Å². The predicted molar refractivity (Wildman–Crippen MR) is 108 cm³/mol. The lowest BCUT2D eigenvalue weighted by Gasteiger charge is -2.09. The molecule has 0 bridgehead atoms. The Hall–Kier alpha value is -2.42. The number of hydrogen-bond acceptors (Lipinski definition) is 5. The maximum absolute atomic E-state index is 12.1. The number of aryl methyl sites for hydroxylation is 1. The van der Waals surface area contributed by atoms with Crippen molar-refractivity contribution in [1.82, 2.24) is 4.72 Å². The number of benzene rings is 2. The monoisotopic (exact) mass is 406 g/mol. The van der Waals surface area contributed by atoms with E-state index in [4.69, 9.17) is 9.47 Å². The summed E-state index contributed by atoms with van der Waals surface area (Å²) in [5.74, 6) is 0.513. The molecular formula is C20H26N2O5S. The van der Waals surface area contributed by atoms with Crippen LogP contribution in [0.15, 0.2) is 53.4 Å². The van der Waals surface area contributed by atoms with E-state index >= 15 is 0 Å². The van der Waals surface area contributed by atoms with Crippen LogP contribution >= 0.6 is 0 Å². The Balaban J connectivity index is 1.80. The van der Waals surface area contributed by atoms with Crippen LogP contribution < -0.4 is 14.8 Å². The third-order valence-corrected chi connectivity index (χ3v) is 5.45. The first-order valence-corrected chi connectivity index (χ1v) is 10.5. The summed E-state index contributed by atoms with van der Waals surface area (Å²) in [4.78, 5) is 12.1.